The molecule has 19 heavy (non-hydrogen) atoms. The maximum Gasteiger partial charge on any atom is 0.0897 e. The number of hydrogen-bond donors (Lipinski definition) is 1. The Morgan fingerprint density at radius 1 is 1.32 bits per heavy atom. The van der Waals surface area contributed by atoms with Crippen molar-refractivity contribution >= 4 is 11.3 Å². The van der Waals surface area contributed by atoms with Crippen molar-refractivity contribution in [3.8, 4) is 0 Å². The molecule has 1 aromatic heterocycles. The summed E-state index contributed by atoms with van der Waals surface area (Å²) in [6, 6.07) is 9.19. The van der Waals surface area contributed by atoms with Gasteiger partial charge in [0, 0.05) is 11.1 Å². The van der Waals surface area contributed by atoms with E-state index < -0.39 is 0 Å². The summed E-state index contributed by atoms with van der Waals surface area (Å²) < 4.78 is 0. The van der Waals surface area contributed by atoms with Crippen LogP contribution < -0.4 is 5.32 Å². The second-order valence-corrected chi connectivity index (χ2v) is 6.03. The van der Waals surface area contributed by atoms with Gasteiger partial charge in [0.05, 0.1) is 11.0 Å². The third-order valence-electron chi connectivity index (χ3n) is 3.15. The molecule has 2 rings (SSSR count). The molecule has 1 aromatic carbocycles. The monoisotopic (exact) mass is 274 g/mol. The first-order valence-electron chi connectivity index (χ1n) is 6.99. The van der Waals surface area contributed by atoms with Crippen LogP contribution in [0.2, 0.25) is 0 Å². The topological polar surface area (TPSA) is 24.9 Å². The van der Waals surface area contributed by atoms with E-state index in [1.807, 2.05) is 6.20 Å². The Labute approximate surface area is 119 Å². The van der Waals surface area contributed by atoms with Crippen LogP contribution in [-0.4, -0.2) is 11.5 Å². The van der Waals surface area contributed by atoms with Crippen molar-refractivity contribution in [2.45, 2.75) is 39.7 Å². The fourth-order valence-electron chi connectivity index (χ4n) is 2.31. The zero-order valence-corrected chi connectivity index (χ0v) is 12.8. The van der Waals surface area contributed by atoms with Crippen LogP contribution >= 0.6 is 11.3 Å². The van der Waals surface area contributed by atoms with Gasteiger partial charge in [0.2, 0.25) is 0 Å². The minimum Gasteiger partial charge on any atom is -0.306 e. The van der Waals surface area contributed by atoms with Crippen LogP contribution in [0.1, 0.15) is 47.3 Å². The summed E-state index contributed by atoms with van der Waals surface area (Å²) in [5.74, 6) is 0. The molecular weight excluding hydrogens is 252 g/mol. The maximum atomic E-state index is 4.38. The third-order valence-corrected chi connectivity index (χ3v) is 4.13. The normalized spacial score (nSPS) is 12.6. The van der Waals surface area contributed by atoms with E-state index in [-0.39, 0.29) is 6.04 Å². The molecule has 0 fully saturated rings. The predicted molar refractivity (Wildman–Crippen MR) is 82.8 cm³/mol. The van der Waals surface area contributed by atoms with E-state index >= 15 is 0 Å². The molecule has 1 unspecified atom stereocenters. The molecule has 1 N–H and O–H groups in total. The lowest BCUT2D eigenvalue weighted by Crippen LogP contribution is -2.21. The molecule has 0 aliphatic heterocycles. The number of nitrogens with zero attached hydrogens (tertiary/aromatic N) is 1. The third kappa shape index (κ3) is 3.64. The van der Waals surface area contributed by atoms with E-state index in [0.717, 1.165) is 18.0 Å². The van der Waals surface area contributed by atoms with Crippen molar-refractivity contribution in [1.82, 2.24) is 10.3 Å². The molecule has 1 heterocycles. The molecule has 2 aromatic rings. The van der Waals surface area contributed by atoms with Crippen molar-refractivity contribution in [3.63, 3.8) is 0 Å². The highest BCUT2D eigenvalue weighted by molar-refractivity contribution is 7.11. The molecule has 102 valence electrons. The van der Waals surface area contributed by atoms with Crippen LogP contribution in [-0.2, 0) is 6.42 Å². The minimum absolute atomic E-state index is 0.271. The first-order valence-corrected chi connectivity index (χ1v) is 7.80. The van der Waals surface area contributed by atoms with Crippen LogP contribution in [0.5, 0.6) is 0 Å². The number of nitrogens with one attached hydrogen (secondary N) is 1. The van der Waals surface area contributed by atoms with E-state index in [1.165, 1.54) is 22.4 Å². The largest absolute Gasteiger partial charge is 0.306 e. The molecule has 0 saturated carbocycles. The van der Waals surface area contributed by atoms with Gasteiger partial charge in [-0.15, -0.1) is 11.3 Å². The Morgan fingerprint density at radius 2 is 2.16 bits per heavy atom. The highest BCUT2D eigenvalue weighted by atomic mass is 32.1. The van der Waals surface area contributed by atoms with Crippen molar-refractivity contribution in [3.05, 3.63) is 51.5 Å². The molecule has 0 aliphatic rings. The molecule has 0 aliphatic carbocycles. The standard InChI is InChI=1S/C16H22N2S/c1-4-7-13-8-6-9-14(10-13)16(17-5-2)15-11-18-12(3)19-15/h6,8-11,16-17H,4-5,7H2,1-3H3. The Morgan fingerprint density at radius 3 is 2.79 bits per heavy atom. The Kier molecular flexibility index (Phi) is 5.11. The lowest BCUT2D eigenvalue weighted by molar-refractivity contribution is 0.637. The van der Waals surface area contributed by atoms with Crippen molar-refractivity contribution in [2.24, 2.45) is 0 Å². The fourth-order valence-corrected chi connectivity index (χ4v) is 3.20. The molecule has 0 radical (unpaired) electrons. The summed E-state index contributed by atoms with van der Waals surface area (Å²) in [6.45, 7) is 7.39. The van der Waals surface area contributed by atoms with Crippen LogP contribution in [0.4, 0.5) is 0 Å². The summed E-state index contributed by atoms with van der Waals surface area (Å²) in [7, 11) is 0. The SMILES string of the molecule is CCCc1cccc(C(NCC)c2cnc(C)s2)c1. The van der Waals surface area contributed by atoms with Gasteiger partial charge in [-0.25, -0.2) is 4.98 Å². The Bertz CT molecular complexity index is 519. The van der Waals surface area contributed by atoms with E-state index in [4.69, 9.17) is 0 Å². The summed E-state index contributed by atoms with van der Waals surface area (Å²) in [4.78, 5) is 5.68. The quantitative estimate of drug-likeness (QED) is 0.857. The molecule has 0 saturated heterocycles. The Hall–Kier alpha value is -1.19. The van der Waals surface area contributed by atoms with E-state index in [2.05, 4.69) is 55.3 Å². The van der Waals surface area contributed by atoms with Gasteiger partial charge in [-0.3, -0.25) is 0 Å². The number of rotatable bonds is 6. The summed E-state index contributed by atoms with van der Waals surface area (Å²) in [5.41, 5.74) is 2.76. The van der Waals surface area contributed by atoms with Gasteiger partial charge in [-0.1, -0.05) is 44.5 Å². The summed E-state index contributed by atoms with van der Waals surface area (Å²) >= 11 is 1.78. The average molecular weight is 274 g/mol. The molecule has 0 bridgehead atoms. The van der Waals surface area contributed by atoms with Gasteiger partial charge < -0.3 is 5.32 Å². The molecule has 1 atom stereocenters. The van der Waals surface area contributed by atoms with Gasteiger partial charge >= 0.3 is 0 Å². The minimum atomic E-state index is 0.271. The predicted octanol–water partition coefficient (Wildman–Crippen LogP) is 4.10. The zero-order chi connectivity index (χ0) is 13.7. The molecule has 0 spiro atoms. The second kappa shape index (κ2) is 6.83. The molecule has 0 amide bonds. The number of thiazole rings is 1. The van der Waals surface area contributed by atoms with Crippen LogP contribution in [0, 0.1) is 6.92 Å². The van der Waals surface area contributed by atoms with E-state index in [0.29, 0.717) is 0 Å². The van der Waals surface area contributed by atoms with E-state index in [1.54, 1.807) is 11.3 Å². The fraction of sp³-hybridized carbons (Fsp3) is 0.438. The number of hydrogen-bond acceptors (Lipinski definition) is 3. The smallest absolute Gasteiger partial charge is 0.0897 e. The average Bonchev–Trinajstić information content (AvgIpc) is 2.83. The lowest BCUT2D eigenvalue weighted by atomic mass is 10.0. The molecule has 3 heteroatoms. The summed E-state index contributed by atoms with van der Waals surface area (Å²) in [6.07, 6.45) is 4.34. The highest BCUT2D eigenvalue weighted by Gasteiger charge is 2.15. The van der Waals surface area contributed by atoms with Crippen LogP contribution in [0.25, 0.3) is 0 Å². The van der Waals surface area contributed by atoms with Gasteiger partial charge in [0.1, 0.15) is 0 Å². The van der Waals surface area contributed by atoms with E-state index in [9.17, 15) is 0 Å². The first-order chi connectivity index (χ1) is 9.24. The number of benzene rings is 1. The summed E-state index contributed by atoms with van der Waals surface area (Å²) in [5, 5.41) is 4.70. The number of aromatic nitrogens is 1. The second-order valence-electron chi connectivity index (χ2n) is 4.77. The van der Waals surface area contributed by atoms with Crippen LogP contribution in [0.3, 0.4) is 0 Å². The lowest BCUT2D eigenvalue weighted by Gasteiger charge is -2.17. The van der Waals surface area contributed by atoms with Crippen molar-refractivity contribution in [2.75, 3.05) is 6.54 Å². The van der Waals surface area contributed by atoms with Gasteiger partial charge in [0.25, 0.3) is 0 Å². The first kappa shape index (κ1) is 14.2. The van der Waals surface area contributed by atoms with Gasteiger partial charge in [-0.2, -0.15) is 0 Å². The molecular formula is C16H22N2S. The van der Waals surface area contributed by atoms with Crippen molar-refractivity contribution in [1.29, 1.82) is 0 Å². The zero-order valence-electron chi connectivity index (χ0n) is 11.9. The highest BCUT2D eigenvalue weighted by Crippen LogP contribution is 2.27. The maximum absolute atomic E-state index is 4.38. The van der Waals surface area contributed by atoms with Crippen molar-refractivity contribution < 1.29 is 0 Å². The van der Waals surface area contributed by atoms with Gasteiger partial charge in [-0.05, 0) is 31.0 Å². The number of aryl methyl sites for hydroxylation is 2. The Balaban J connectivity index is 2.30. The molecule has 2 nitrogen and oxygen atoms in total. The van der Waals surface area contributed by atoms with Crippen LogP contribution in [0.15, 0.2) is 30.5 Å². The van der Waals surface area contributed by atoms with Gasteiger partial charge in [0.15, 0.2) is 0 Å².